The van der Waals surface area contributed by atoms with Crippen molar-refractivity contribution in [1.29, 1.82) is 0 Å². The van der Waals surface area contributed by atoms with Crippen LogP contribution in [0.15, 0.2) is 79.0 Å². The summed E-state index contributed by atoms with van der Waals surface area (Å²) in [4.78, 5) is 4.23. The van der Waals surface area contributed by atoms with Crippen molar-refractivity contribution in [2.45, 2.75) is 25.4 Å². The quantitative estimate of drug-likeness (QED) is 0.398. The summed E-state index contributed by atoms with van der Waals surface area (Å²) in [5.74, 6) is 0.0350. The van der Waals surface area contributed by atoms with E-state index in [0.29, 0.717) is 29.5 Å². The topological polar surface area (TPSA) is 31.4 Å². The van der Waals surface area contributed by atoms with Gasteiger partial charge in [0.05, 0.1) is 12.5 Å². The molecule has 3 aromatic rings. The fourth-order valence-electron chi connectivity index (χ4n) is 2.97. The molecule has 0 aliphatic rings. The number of para-hydroxylation sites is 1. The third kappa shape index (κ3) is 5.86. The number of ether oxygens (including phenoxy) is 2. The van der Waals surface area contributed by atoms with E-state index in [1.54, 1.807) is 48.7 Å². The molecule has 30 heavy (non-hydrogen) atoms. The highest BCUT2D eigenvalue weighted by Crippen LogP contribution is 2.38. The number of hydrogen-bond donors (Lipinski definition) is 0. The number of nitrogens with zero attached hydrogens (tertiary/aromatic N) is 1. The number of hydrogen-bond acceptors (Lipinski definition) is 3. The Labute approximate surface area is 173 Å². The van der Waals surface area contributed by atoms with Crippen LogP contribution in [0, 0.1) is 0 Å². The van der Waals surface area contributed by atoms with Crippen LogP contribution < -0.4 is 9.47 Å². The minimum Gasteiger partial charge on any atom is -0.494 e. The van der Waals surface area contributed by atoms with Gasteiger partial charge in [-0.15, -0.1) is 0 Å². The smallest absolute Gasteiger partial charge is 0.396 e. The summed E-state index contributed by atoms with van der Waals surface area (Å²) in [6.07, 6.45) is 0.0371. The standard InChI is InChI=1S/C24H22F3NO2/c1-2-29-19-15-13-18(14-16-19)21(24(25,26)27)10-6-11-22-23(12-7-17-28-22)30-20-8-4-3-5-9-20/h3-9,11-17,21H,2,10H2,1H3. The molecule has 0 aliphatic heterocycles. The molecular formula is C24H22F3NO2. The summed E-state index contributed by atoms with van der Waals surface area (Å²) in [7, 11) is 0. The van der Waals surface area contributed by atoms with Gasteiger partial charge in [0.1, 0.15) is 17.2 Å². The predicted octanol–water partition coefficient (Wildman–Crippen LogP) is 7.02. The van der Waals surface area contributed by atoms with Crippen LogP contribution in [0.3, 0.4) is 0 Å². The highest BCUT2D eigenvalue weighted by Gasteiger charge is 2.39. The second-order valence-electron chi connectivity index (χ2n) is 6.54. The lowest BCUT2D eigenvalue weighted by Crippen LogP contribution is -2.20. The van der Waals surface area contributed by atoms with Crippen molar-refractivity contribution in [3.63, 3.8) is 0 Å². The maximum atomic E-state index is 13.6. The largest absolute Gasteiger partial charge is 0.494 e. The Morgan fingerprint density at radius 2 is 1.67 bits per heavy atom. The number of pyridine rings is 1. The van der Waals surface area contributed by atoms with Crippen LogP contribution in [0.25, 0.3) is 6.08 Å². The first-order valence-corrected chi connectivity index (χ1v) is 9.61. The van der Waals surface area contributed by atoms with E-state index in [-0.39, 0.29) is 12.0 Å². The molecule has 0 fully saturated rings. The molecule has 156 valence electrons. The third-order valence-electron chi connectivity index (χ3n) is 4.41. The van der Waals surface area contributed by atoms with E-state index in [1.165, 1.54) is 18.2 Å². The van der Waals surface area contributed by atoms with Crippen molar-refractivity contribution in [1.82, 2.24) is 4.98 Å². The molecule has 0 radical (unpaired) electrons. The number of rotatable bonds is 8. The number of benzene rings is 2. The lowest BCUT2D eigenvalue weighted by Gasteiger charge is -2.19. The first-order valence-electron chi connectivity index (χ1n) is 9.61. The molecule has 1 aromatic heterocycles. The summed E-state index contributed by atoms with van der Waals surface area (Å²) < 4.78 is 52.0. The van der Waals surface area contributed by atoms with Crippen molar-refractivity contribution in [3.05, 3.63) is 90.3 Å². The molecule has 0 spiro atoms. The van der Waals surface area contributed by atoms with Gasteiger partial charge in [0, 0.05) is 6.20 Å². The van der Waals surface area contributed by atoms with Crippen LogP contribution in [-0.2, 0) is 0 Å². The monoisotopic (exact) mass is 413 g/mol. The molecule has 1 heterocycles. The van der Waals surface area contributed by atoms with E-state index in [2.05, 4.69) is 4.98 Å². The second kappa shape index (κ2) is 9.96. The molecule has 1 atom stereocenters. The van der Waals surface area contributed by atoms with E-state index >= 15 is 0 Å². The van der Waals surface area contributed by atoms with Crippen LogP contribution >= 0.6 is 0 Å². The Kier molecular flexibility index (Phi) is 7.12. The average molecular weight is 413 g/mol. The second-order valence-corrected chi connectivity index (χ2v) is 6.54. The zero-order chi connectivity index (χ0) is 21.4. The summed E-state index contributed by atoms with van der Waals surface area (Å²) in [5.41, 5.74) is 0.659. The van der Waals surface area contributed by atoms with Crippen molar-refractivity contribution >= 4 is 6.08 Å². The molecule has 3 nitrogen and oxygen atoms in total. The van der Waals surface area contributed by atoms with Gasteiger partial charge in [0.2, 0.25) is 0 Å². The van der Waals surface area contributed by atoms with Crippen LogP contribution in [0.4, 0.5) is 13.2 Å². The molecule has 0 bridgehead atoms. The highest BCUT2D eigenvalue weighted by molar-refractivity contribution is 5.54. The van der Waals surface area contributed by atoms with Crippen molar-refractivity contribution in [2.24, 2.45) is 0 Å². The minimum absolute atomic E-state index is 0.192. The first-order chi connectivity index (χ1) is 14.5. The zero-order valence-corrected chi connectivity index (χ0v) is 16.5. The Morgan fingerprint density at radius 1 is 0.933 bits per heavy atom. The van der Waals surface area contributed by atoms with Gasteiger partial charge in [0.15, 0.2) is 5.75 Å². The molecule has 0 N–H and O–H groups in total. The normalized spacial score (nSPS) is 12.7. The average Bonchev–Trinajstić information content (AvgIpc) is 2.73. The van der Waals surface area contributed by atoms with E-state index in [1.807, 2.05) is 25.1 Å². The van der Waals surface area contributed by atoms with Crippen LogP contribution in [0.5, 0.6) is 17.2 Å². The van der Waals surface area contributed by atoms with Crippen molar-refractivity contribution in [3.8, 4) is 17.2 Å². The molecule has 0 aliphatic carbocycles. The van der Waals surface area contributed by atoms with Gasteiger partial charge in [-0.25, -0.2) is 0 Å². The van der Waals surface area contributed by atoms with E-state index in [9.17, 15) is 13.2 Å². The predicted molar refractivity (Wildman–Crippen MR) is 111 cm³/mol. The van der Waals surface area contributed by atoms with Crippen LogP contribution in [-0.4, -0.2) is 17.8 Å². The lowest BCUT2D eigenvalue weighted by molar-refractivity contribution is -0.149. The van der Waals surface area contributed by atoms with Crippen molar-refractivity contribution < 1.29 is 22.6 Å². The maximum absolute atomic E-state index is 13.6. The number of allylic oxidation sites excluding steroid dienone is 1. The first kappa shape index (κ1) is 21.4. The zero-order valence-electron chi connectivity index (χ0n) is 16.5. The Hall–Kier alpha value is -3.28. The summed E-state index contributed by atoms with van der Waals surface area (Å²) >= 11 is 0. The molecule has 0 saturated heterocycles. The fraction of sp³-hybridized carbons (Fsp3) is 0.208. The Balaban J connectivity index is 1.76. The van der Waals surface area contributed by atoms with Crippen molar-refractivity contribution in [2.75, 3.05) is 6.61 Å². The van der Waals surface area contributed by atoms with Gasteiger partial charge < -0.3 is 9.47 Å². The molecule has 2 aromatic carbocycles. The lowest BCUT2D eigenvalue weighted by atomic mass is 9.94. The molecule has 0 saturated carbocycles. The highest BCUT2D eigenvalue weighted by atomic mass is 19.4. The number of alkyl halides is 3. The molecule has 3 rings (SSSR count). The van der Waals surface area contributed by atoms with Gasteiger partial charge in [-0.1, -0.05) is 36.4 Å². The van der Waals surface area contributed by atoms with Gasteiger partial charge in [-0.3, -0.25) is 4.98 Å². The fourth-order valence-corrected chi connectivity index (χ4v) is 2.97. The van der Waals surface area contributed by atoms with E-state index in [4.69, 9.17) is 9.47 Å². The molecular weight excluding hydrogens is 391 g/mol. The summed E-state index contributed by atoms with van der Waals surface area (Å²) in [6, 6.07) is 18.6. The Morgan fingerprint density at radius 3 is 2.33 bits per heavy atom. The Bertz CT molecular complexity index is 954. The molecule has 0 amide bonds. The van der Waals surface area contributed by atoms with Crippen LogP contribution in [0.2, 0.25) is 0 Å². The van der Waals surface area contributed by atoms with E-state index in [0.717, 1.165) is 0 Å². The van der Waals surface area contributed by atoms with E-state index < -0.39 is 12.1 Å². The minimum atomic E-state index is -4.37. The molecule has 1 unspecified atom stereocenters. The van der Waals surface area contributed by atoms with Gasteiger partial charge in [0.25, 0.3) is 0 Å². The number of halogens is 3. The number of aromatic nitrogens is 1. The summed E-state index contributed by atoms with van der Waals surface area (Å²) in [5, 5.41) is 0. The maximum Gasteiger partial charge on any atom is 0.396 e. The third-order valence-corrected chi connectivity index (χ3v) is 4.41. The SMILES string of the molecule is CCOc1ccc(C(CC=Cc2ncccc2Oc2ccccc2)C(F)(F)F)cc1. The van der Waals surface area contributed by atoms with Gasteiger partial charge in [-0.05, 0) is 61.4 Å². The van der Waals surface area contributed by atoms with Gasteiger partial charge >= 0.3 is 6.18 Å². The van der Waals surface area contributed by atoms with Crippen LogP contribution in [0.1, 0.15) is 30.5 Å². The summed E-state index contributed by atoms with van der Waals surface area (Å²) in [6.45, 7) is 2.28. The molecule has 6 heteroatoms. The van der Waals surface area contributed by atoms with Gasteiger partial charge in [-0.2, -0.15) is 13.2 Å².